The summed E-state index contributed by atoms with van der Waals surface area (Å²) in [6, 6.07) is 14.9. The van der Waals surface area contributed by atoms with Gasteiger partial charge in [-0.3, -0.25) is 9.36 Å². The first-order valence-electron chi connectivity index (χ1n) is 9.79. The number of benzene rings is 2. The number of aromatic nitrogens is 4. The molecule has 0 bridgehead atoms. The molecule has 2 heterocycles. The van der Waals surface area contributed by atoms with Crippen LogP contribution in [0.25, 0.3) is 16.9 Å². The van der Waals surface area contributed by atoms with Crippen LogP contribution in [0.2, 0.25) is 0 Å². The van der Waals surface area contributed by atoms with Gasteiger partial charge in [0.1, 0.15) is 18.2 Å². The number of rotatable bonds is 6. The summed E-state index contributed by atoms with van der Waals surface area (Å²) in [7, 11) is 0. The van der Waals surface area contributed by atoms with Gasteiger partial charge in [-0.25, -0.2) is 18.7 Å². The molecule has 1 aliphatic carbocycles. The minimum Gasteiger partial charge on any atom is -0.492 e. The molecule has 0 radical (unpaired) electrons. The van der Waals surface area contributed by atoms with Gasteiger partial charge in [-0.1, -0.05) is 18.2 Å². The monoisotopic (exact) mass is 406 g/mol. The Labute approximate surface area is 170 Å². The fourth-order valence-electron chi connectivity index (χ4n) is 3.58. The van der Waals surface area contributed by atoms with Gasteiger partial charge in [0.05, 0.1) is 18.6 Å². The van der Waals surface area contributed by atoms with Crippen LogP contribution in [0.5, 0.6) is 5.75 Å². The number of nitrogens with zero attached hydrogens (tertiary/aromatic N) is 4. The third-order valence-corrected chi connectivity index (χ3v) is 5.19. The van der Waals surface area contributed by atoms with Gasteiger partial charge in [0.15, 0.2) is 11.2 Å². The molecule has 0 unspecified atom stereocenters. The first kappa shape index (κ1) is 18.4. The predicted molar refractivity (Wildman–Crippen MR) is 110 cm³/mol. The maximum absolute atomic E-state index is 13.4. The second kappa shape index (κ2) is 7.29. The molecule has 5 rings (SSSR count). The van der Waals surface area contributed by atoms with Crippen molar-refractivity contribution in [1.29, 1.82) is 0 Å². The van der Waals surface area contributed by atoms with Gasteiger partial charge in [0, 0.05) is 6.04 Å². The van der Waals surface area contributed by atoms with E-state index in [4.69, 9.17) is 4.74 Å². The van der Waals surface area contributed by atoms with Crippen LogP contribution in [-0.4, -0.2) is 25.3 Å². The van der Waals surface area contributed by atoms with Crippen LogP contribution in [0.3, 0.4) is 0 Å². The van der Waals surface area contributed by atoms with Crippen molar-refractivity contribution >= 4 is 11.2 Å². The summed E-state index contributed by atoms with van der Waals surface area (Å²) in [5.74, 6) is 0.336. The standard InChI is InChI=1S/C22H19FN4O3/c23-15-6-8-16(9-7-15)26-20-19(21(28)27(22(26)29)17-10-11-17)25(14-24-20)12-13-30-18-4-2-1-3-5-18/h1-9,14,17H,10-13H2. The molecular weight excluding hydrogens is 387 g/mol. The van der Waals surface area contributed by atoms with E-state index < -0.39 is 11.5 Å². The average molecular weight is 406 g/mol. The minimum absolute atomic E-state index is 0.106. The second-order valence-corrected chi connectivity index (χ2v) is 7.27. The number of ether oxygens (including phenoxy) is 1. The van der Waals surface area contributed by atoms with Crippen molar-refractivity contribution in [1.82, 2.24) is 18.7 Å². The van der Waals surface area contributed by atoms with Crippen molar-refractivity contribution in [3.8, 4) is 11.4 Å². The first-order valence-corrected chi connectivity index (χ1v) is 9.79. The zero-order chi connectivity index (χ0) is 20.7. The van der Waals surface area contributed by atoms with Crippen molar-refractivity contribution in [3.63, 3.8) is 0 Å². The van der Waals surface area contributed by atoms with Gasteiger partial charge in [0.25, 0.3) is 5.56 Å². The molecule has 0 N–H and O–H groups in total. The maximum Gasteiger partial charge on any atom is 0.337 e. The highest BCUT2D eigenvalue weighted by atomic mass is 19.1. The average Bonchev–Trinajstić information content (AvgIpc) is 3.50. The molecule has 30 heavy (non-hydrogen) atoms. The van der Waals surface area contributed by atoms with E-state index in [1.54, 1.807) is 4.57 Å². The van der Waals surface area contributed by atoms with Crippen molar-refractivity contribution in [2.45, 2.75) is 25.4 Å². The van der Waals surface area contributed by atoms with Crippen LogP contribution in [0, 0.1) is 5.82 Å². The van der Waals surface area contributed by atoms with Crippen LogP contribution >= 0.6 is 0 Å². The highest BCUT2D eigenvalue weighted by Gasteiger charge is 2.30. The highest BCUT2D eigenvalue weighted by molar-refractivity contribution is 5.72. The normalized spacial score (nSPS) is 13.6. The Morgan fingerprint density at radius 2 is 1.77 bits per heavy atom. The van der Waals surface area contributed by atoms with E-state index in [2.05, 4.69) is 4.98 Å². The number of imidazole rings is 1. The molecule has 152 valence electrons. The van der Waals surface area contributed by atoms with Crippen LogP contribution in [-0.2, 0) is 6.54 Å². The van der Waals surface area contributed by atoms with Crippen molar-refractivity contribution in [2.75, 3.05) is 6.61 Å². The predicted octanol–water partition coefficient (Wildman–Crippen LogP) is 2.90. The molecule has 0 aliphatic heterocycles. The van der Waals surface area contributed by atoms with E-state index in [-0.39, 0.29) is 17.2 Å². The molecule has 0 saturated heterocycles. The summed E-state index contributed by atoms with van der Waals surface area (Å²) in [4.78, 5) is 30.7. The Kier molecular flexibility index (Phi) is 4.46. The summed E-state index contributed by atoms with van der Waals surface area (Å²) in [5.41, 5.74) is 0.253. The van der Waals surface area contributed by atoms with Gasteiger partial charge in [-0.2, -0.15) is 0 Å². The summed E-state index contributed by atoms with van der Waals surface area (Å²) < 4.78 is 23.5. The Morgan fingerprint density at radius 1 is 1.03 bits per heavy atom. The van der Waals surface area contributed by atoms with Gasteiger partial charge in [-0.05, 0) is 49.2 Å². The molecule has 1 saturated carbocycles. The van der Waals surface area contributed by atoms with Crippen LogP contribution in [0.15, 0.2) is 70.5 Å². The van der Waals surface area contributed by atoms with E-state index >= 15 is 0 Å². The van der Waals surface area contributed by atoms with Gasteiger partial charge in [-0.15, -0.1) is 0 Å². The van der Waals surface area contributed by atoms with Crippen molar-refractivity contribution in [2.24, 2.45) is 0 Å². The molecule has 2 aromatic carbocycles. The number of halogens is 1. The number of para-hydroxylation sites is 1. The molecule has 0 atom stereocenters. The molecule has 7 nitrogen and oxygen atoms in total. The second-order valence-electron chi connectivity index (χ2n) is 7.27. The van der Waals surface area contributed by atoms with Crippen molar-refractivity contribution in [3.05, 3.63) is 87.6 Å². The zero-order valence-corrected chi connectivity index (χ0v) is 16.1. The minimum atomic E-state index is -0.451. The lowest BCUT2D eigenvalue weighted by Gasteiger charge is -2.12. The molecule has 1 aliphatic rings. The molecule has 2 aromatic heterocycles. The summed E-state index contributed by atoms with van der Waals surface area (Å²) in [6.45, 7) is 0.737. The van der Waals surface area contributed by atoms with E-state index in [1.165, 1.54) is 39.7 Å². The van der Waals surface area contributed by atoms with E-state index in [0.29, 0.717) is 24.4 Å². The maximum atomic E-state index is 13.4. The SMILES string of the molecule is O=c1c2c(ncn2CCOc2ccccc2)n(-c2ccc(F)cc2)c(=O)n1C1CC1. The molecular formula is C22H19FN4O3. The molecule has 1 fully saturated rings. The smallest absolute Gasteiger partial charge is 0.337 e. The topological polar surface area (TPSA) is 71.1 Å². The third-order valence-electron chi connectivity index (χ3n) is 5.19. The lowest BCUT2D eigenvalue weighted by Crippen LogP contribution is -2.39. The van der Waals surface area contributed by atoms with Gasteiger partial charge >= 0.3 is 5.69 Å². The quantitative estimate of drug-likeness (QED) is 0.494. The Hall–Kier alpha value is -3.68. The largest absolute Gasteiger partial charge is 0.492 e. The van der Waals surface area contributed by atoms with Crippen molar-refractivity contribution < 1.29 is 9.13 Å². The Morgan fingerprint density at radius 3 is 2.47 bits per heavy atom. The molecule has 0 spiro atoms. The Balaban J connectivity index is 1.59. The number of hydrogen-bond donors (Lipinski definition) is 0. The number of fused-ring (bicyclic) bond motifs is 1. The summed E-state index contributed by atoms with van der Waals surface area (Å²) in [5, 5.41) is 0. The zero-order valence-electron chi connectivity index (χ0n) is 16.1. The third kappa shape index (κ3) is 3.20. The Bertz CT molecular complexity index is 1320. The van der Waals surface area contributed by atoms with E-state index in [0.717, 1.165) is 18.6 Å². The highest BCUT2D eigenvalue weighted by Crippen LogP contribution is 2.32. The lowest BCUT2D eigenvalue weighted by molar-refractivity contribution is 0.300. The fraction of sp³-hybridized carbons (Fsp3) is 0.227. The molecule has 0 amide bonds. The fourth-order valence-corrected chi connectivity index (χ4v) is 3.58. The van der Waals surface area contributed by atoms with Crippen LogP contribution in [0.4, 0.5) is 4.39 Å². The molecule has 8 heteroatoms. The van der Waals surface area contributed by atoms with Crippen LogP contribution in [0.1, 0.15) is 18.9 Å². The van der Waals surface area contributed by atoms with E-state index in [1.807, 2.05) is 30.3 Å². The lowest BCUT2D eigenvalue weighted by atomic mass is 10.3. The van der Waals surface area contributed by atoms with Crippen LogP contribution < -0.4 is 16.0 Å². The number of hydrogen-bond acceptors (Lipinski definition) is 4. The van der Waals surface area contributed by atoms with Gasteiger partial charge < -0.3 is 9.30 Å². The first-order chi connectivity index (χ1) is 14.6. The molecule has 4 aromatic rings. The summed E-state index contributed by atoms with van der Waals surface area (Å²) >= 11 is 0. The van der Waals surface area contributed by atoms with Gasteiger partial charge in [0.2, 0.25) is 0 Å². The van der Waals surface area contributed by atoms with E-state index in [9.17, 15) is 14.0 Å². The summed E-state index contributed by atoms with van der Waals surface area (Å²) in [6.07, 6.45) is 3.11.